The van der Waals surface area contributed by atoms with Crippen LogP contribution in [0.3, 0.4) is 0 Å². The maximum atomic E-state index is 13.2. The van der Waals surface area contributed by atoms with Gasteiger partial charge in [-0.3, -0.25) is 19.2 Å². The van der Waals surface area contributed by atoms with Gasteiger partial charge in [-0.05, 0) is 43.7 Å². The largest absolute Gasteiger partial charge is 0.497 e. The summed E-state index contributed by atoms with van der Waals surface area (Å²) in [5.74, 6) is 0.575. The van der Waals surface area contributed by atoms with Gasteiger partial charge in [0.25, 0.3) is 0 Å². The minimum atomic E-state index is -0.280. The van der Waals surface area contributed by atoms with Crippen molar-refractivity contribution < 1.29 is 14.3 Å². The van der Waals surface area contributed by atoms with Crippen molar-refractivity contribution in [3.05, 3.63) is 47.8 Å². The molecule has 0 radical (unpaired) electrons. The van der Waals surface area contributed by atoms with Crippen LogP contribution in [0.5, 0.6) is 5.75 Å². The Bertz CT molecular complexity index is 926. The third-order valence-electron chi connectivity index (χ3n) is 6.51. The lowest BCUT2D eigenvalue weighted by molar-refractivity contribution is -0.140. The second kappa shape index (κ2) is 9.09. The summed E-state index contributed by atoms with van der Waals surface area (Å²) >= 11 is 0. The highest BCUT2D eigenvalue weighted by molar-refractivity contribution is 5.85. The average Bonchev–Trinajstić information content (AvgIpc) is 3.37. The summed E-state index contributed by atoms with van der Waals surface area (Å²) in [4.78, 5) is 30.4. The van der Waals surface area contributed by atoms with Crippen LogP contribution < -0.4 is 10.1 Å². The predicted octanol–water partition coefficient (Wildman–Crippen LogP) is 1.61. The minimum absolute atomic E-state index is 0.00382. The molecular formula is C23H31N5O3. The molecule has 2 amide bonds. The number of hydrogen-bond acceptors (Lipinski definition) is 5. The van der Waals surface area contributed by atoms with Crippen LogP contribution in [0.25, 0.3) is 0 Å². The summed E-state index contributed by atoms with van der Waals surface area (Å²) in [6, 6.07) is 9.47. The number of amides is 2. The number of aromatic nitrogens is 2. The molecule has 3 atom stereocenters. The zero-order chi connectivity index (χ0) is 22.0. The van der Waals surface area contributed by atoms with E-state index in [9.17, 15) is 9.59 Å². The van der Waals surface area contributed by atoms with Crippen molar-refractivity contribution >= 4 is 11.8 Å². The van der Waals surface area contributed by atoms with Gasteiger partial charge in [0.1, 0.15) is 5.75 Å². The Hall–Kier alpha value is -2.87. The lowest BCUT2D eigenvalue weighted by Crippen LogP contribution is -2.54. The number of benzene rings is 1. The molecule has 4 rings (SSSR count). The van der Waals surface area contributed by atoms with Gasteiger partial charge in [-0.2, -0.15) is 5.10 Å². The lowest BCUT2D eigenvalue weighted by atomic mass is 9.92. The number of methoxy groups -OCH3 is 1. The lowest BCUT2D eigenvalue weighted by Gasteiger charge is -2.39. The number of nitrogens with one attached hydrogen (secondary N) is 1. The van der Waals surface area contributed by atoms with E-state index in [2.05, 4.69) is 22.2 Å². The van der Waals surface area contributed by atoms with Gasteiger partial charge >= 0.3 is 0 Å². The third-order valence-corrected chi connectivity index (χ3v) is 6.51. The van der Waals surface area contributed by atoms with E-state index < -0.39 is 0 Å². The van der Waals surface area contributed by atoms with Gasteiger partial charge in [0.15, 0.2) is 0 Å². The zero-order valence-corrected chi connectivity index (χ0v) is 18.5. The number of aryl methyl sites for hydroxylation is 1. The summed E-state index contributed by atoms with van der Waals surface area (Å²) in [7, 11) is 1.63. The quantitative estimate of drug-likeness (QED) is 0.729. The van der Waals surface area contributed by atoms with Crippen molar-refractivity contribution in [3.8, 4) is 5.75 Å². The summed E-state index contributed by atoms with van der Waals surface area (Å²) in [6.45, 7) is 7.25. The Labute approximate surface area is 183 Å². The minimum Gasteiger partial charge on any atom is -0.497 e. The van der Waals surface area contributed by atoms with E-state index in [0.717, 1.165) is 30.1 Å². The molecule has 1 aromatic heterocycles. The van der Waals surface area contributed by atoms with Crippen LogP contribution in [-0.4, -0.2) is 70.7 Å². The number of likely N-dealkylation sites (N-methyl/N-ethyl adjacent to an activating group) is 1. The molecule has 2 fully saturated rings. The summed E-state index contributed by atoms with van der Waals surface area (Å²) in [6.07, 6.45) is 2.43. The second-order valence-corrected chi connectivity index (χ2v) is 8.33. The molecule has 3 heterocycles. The van der Waals surface area contributed by atoms with Crippen LogP contribution in [0.15, 0.2) is 36.5 Å². The highest BCUT2D eigenvalue weighted by Crippen LogP contribution is 2.43. The maximum Gasteiger partial charge on any atom is 0.237 e. The molecule has 0 bridgehead atoms. The molecule has 1 N–H and O–H groups in total. The monoisotopic (exact) mass is 425 g/mol. The van der Waals surface area contributed by atoms with Gasteiger partial charge in [-0.1, -0.05) is 19.1 Å². The number of carbonyl (C=O) groups is 2. The fraction of sp³-hybridized carbons (Fsp3) is 0.522. The van der Waals surface area contributed by atoms with Crippen LogP contribution >= 0.6 is 0 Å². The van der Waals surface area contributed by atoms with E-state index in [1.165, 1.54) is 0 Å². The number of ether oxygens (including phenoxy) is 1. The molecule has 2 aromatic rings. The first-order valence-electron chi connectivity index (χ1n) is 11.0. The zero-order valence-electron chi connectivity index (χ0n) is 18.5. The van der Waals surface area contributed by atoms with Crippen LogP contribution in [0.2, 0.25) is 0 Å². The SMILES string of the molecule is CCN1CC(=O)N2[C@H](C[C@@H](C(=O)NCCn3nccc3C)[C@H]2c2ccc(OC)cc2)C1. The number of hydrogen-bond donors (Lipinski definition) is 1. The number of rotatable bonds is 7. The molecule has 166 valence electrons. The molecular weight excluding hydrogens is 394 g/mol. The van der Waals surface area contributed by atoms with Crippen LogP contribution in [-0.2, 0) is 16.1 Å². The predicted molar refractivity (Wildman–Crippen MR) is 117 cm³/mol. The van der Waals surface area contributed by atoms with Crippen LogP contribution in [0, 0.1) is 12.8 Å². The number of piperazine rings is 1. The van der Waals surface area contributed by atoms with Crippen molar-refractivity contribution in [1.29, 1.82) is 0 Å². The van der Waals surface area contributed by atoms with Gasteiger partial charge < -0.3 is 15.0 Å². The molecule has 0 saturated carbocycles. The van der Waals surface area contributed by atoms with E-state index >= 15 is 0 Å². The second-order valence-electron chi connectivity index (χ2n) is 8.33. The highest BCUT2D eigenvalue weighted by Gasteiger charge is 2.49. The van der Waals surface area contributed by atoms with Crippen molar-refractivity contribution in [1.82, 2.24) is 24.9 Å². The van der Waals surface area contributed by atoms with Crippen molar-refractivity contribution in [3.63, 3.8) is 0 Å². The first kappa shape index (κ1) is 21.4. The number of nitrogens with zero attached hydrogens (tertiary/aromatic N) is 4. The molecule has 2 saturated heterocycles. The van der Waals surface area contributed by atoms with Gasteiger partial charge in [0.05, 0.1) is 32.2 Å². The van der Waals surface area contributed by atoms with Gasteiger partial charge in [-0.15, -0.1) is 0 Å². The Balaban J connectivity index is 1.53. The molecule has 0 unspecified atom stereocenters. The molecule has 2 aliphatic heterocycles. The van der Waals surface area contributed by atoms with E-state index in [4.69, 9.17) is 4.74 Å². The van der Waals surface area contributed by atoms with Crippen LogP contribution in [0.1, 0.15) is 30.6 Å². The normalized spacial score (nSPS) is 23.6. The van der Waals surface area contributed by atoms with Crippen LogP contribution in [0.4, 0.5) is 0 Å². The molecule has 1 aromatic carbocycles. The topological polar surface area (TPSA) is 79.7 Å². The Morgan fingerprint density at radius 2 is 2.03 bits per heavy atom. The average molecular weight is 426 g/mol. The highest BCUT2D eigenvalue weighted by atomic mass is 16.5. The molecule has 31 heavy (non-hydrogen) atoms. The van der Waals surface area contributed by atoms with Crippen molar-refractivity contribution in [2.75, 3.05) is 33.3 Å². The van der Waals surface area contributed by atoms with Gasteiger partial charge in [-0.25, -0.2) is 0 Å². The molecule has 0 aliphatic carbocycles. The van der Waals surface area contributed by atoms with E-state index in [1.807, 2.05) is 46.8 Å². The standard InChI is InChI=1S/C23H31N5O3/c1-4-26-14-18-13-20(23(30)24-11-12-27-16(2)9-10-25-27)22(28(18)21(29)15-26)17-5-7-19(31-3)8-6-17/h5-10,18,20,22H,4,11-15H2,1-3H3,(H,24,30)/t18-,20-,22-/m1/s1. The molecule has 8 heteroatoms. The molecule has 2 aliphatic rings. The maximum absolute atomic E-state index is 13.2. The summed E-state index contributed by atoms with van der Waals surface area (Å²) in [5.41, 5.74) is 2.04. The Kier molecular flexibility index (Phi) is 6.27. The first-order chi connectivity index (χ1) is 15.0. The van der Waals surface area contributed by atoms with Crippen molar-refractivity contribution in [2.45, 2.75) is 38.9 Å². The first-order valence-corrected chi connectivity index (χ1v) is 11.0. The Morgan fingerprint density at radius 3 is 2.68 bits per heavy atom. The van der Waals surface area contributed by atoms with Gasteiger partial charge in [0, 0.05) is 31.0 Å². The smallest absolute Gasteiger partial charge is 0.237 e. The van der Waals surface area contributed by atoms with Crippen molar-refractivity contribution in [2.24, 2.45) is 5.92 Å². The van der Waals surface area contributed by atoms with E-state index in [0.29, 0.717) is 26.1 Å². The van der Waals surface area contributed by atoms with Gasteiger partial charge in [0.2, 0.25) is 11.8 Å². The third kappa shape index (κ3) is 4.30. The number of fused-ring (bicyclic) bond motifs is 1. The molecule has 0 spiro atoms. The summed E-state index contributed by atoms with van der Waals surface area (Å²) < 4.78 is 7.16. The fourth-order valence-electron chi connectivity index (χ4n) is 4.85. The number of carbonyl (C=O) groups excluding carboxylic acids is 2. The summed E-state index contributed by atoms with van der Waals surface area (Å²) in [5, 5.41) is 7.36. The fourth-order valence-corrected chi connectivity index (χ4v) is 4.85. The molecule has 8 nitrogen and oxygen atoms in total. The van der Waals surface area contributed by atoms with E-state index in [-0.39, 0.29) is 29.8 Å². The van der Waals surface area contributed by atoms with E-state index in [1.54, 1.807) is 13.3 Å². The Morgan fingerprint density at radius 1 is 1.26 bits per heavy atom.